The monoisotopic (exact) mass is 321 g/mol. The second-order valence-electron chi connectivity index (χ2n) is 7.34. The van der Waals surface area contributed by atoms with E-state index >= 15 is 0 Å². The van der Waals surface area contributed by atoms with Crippen molar-refractivity contribution in [3.05, 3.63) is 48.0 Å². The largest absolute Gasteiger partial charge is 0.354 e. The van der Waals surface area contributed by atoms with Gasteiger partial charge in [0.2, 0.25) is 0 Å². The van der Waals surface area contributed by atoms with Crippen molar-refractivity contribution >= 4 is 21.8 Å². The molecule has 1 saturated heterocycles. The molecular formula is C21H27N3. The molecule has 24 heavy (non-hydrogen) atoms. The number of H-pyrrole nitrogens is 1. The van der Waals surface area contributed by atoms with E-state index in [9.17, 15) is 0 Å². The van der Waals surface area contributed by atoms with Crippen molar-refractivity contribution in [2.75, 3.05) is 19.6 Å². The molecule has 1 aliphatic rings. The van der Waals surface area contributed by atoms with Crippen molar-refractivity contribution in [3.8, 4) is 0 Å². The number of benzene rings is 2. The molecule has 3 heteroatoms. The number of piperazine rings is 1. The van der Waals surface area contributed by atoms with Gasteiger partial charge in [-0.05, 0) is 44.9 Å². The predicted octanol–water partition coefficient (Wildman–Crippen LogP) is 3.94. The fourth-order valence-corrected chi connectivity index (χ4v) is 4.26. The molecule has 1 fully saturated rings. The lowest BCUT2D eigenvalue weighted by Crippen LogP contribution is -2.54. The molecule has 0 spiro atoms. The Morgan fingerprint density at radius 3 is 2.54 bits per heavy atom. The van der Waals surface area contributed by atoms with Crippen LogP contribution < -0.4 is 5.32 Å². The van der Waals surface area contributed by atoms with Crippen LogP contribution in [0.15, 0.2) is 42.5 Å². The van der Waals surface area contributed by atoms with E-state index in [1.54, 1.807) is 0 Å². The molecule has 3 nitrogen and oxygen atoms in total. The number of hydrogen-bond acceptors (Lipinski definition) is 2. The molecule has 0 amide bonds. The summed E-state index contributed by atoms with van der Waals surface area (Å²) in [6.45, 7) is 8.09. The molecule has 2 aromatic carbocycles. The zero-order chi connectivity index (χ0) is 16.5. The average Bonchev–Trinajstić information content (AvgIpc) is 2.94. The SMILES string of the molecule is C[C@@H]1CN(CCCc2cccc3c2[nH]c2ccccc23)C[C@H](C)N1. The molecule has 0 aliphatic carbocycles. The van der Waals surface area contributed by atoms with E-state index in [1.165, 1.54) is 53.4 Å². The van der Waals surface area contributed by atoms with E-state index in [0.29, 0.717) is 12.1 Å². The summed E-state index contributed by atoms with van der Waals surface area (Å²) in [5.41, 5.74) is 4.00. The third kappa shape index (κ3) is 3.06. The molecule has 3 aromatic rings. The van der Waals surface area contributed by atoms with Crippen molar-refractivity contribution in [1.29, 1.82) is 0 Å². The van der Waals surface area contributed by atoms with Gasteiger partial charge in [0.25, 0.3) is 0 Å². The van der Waals surface area contributed by atoms with Crippen LogP contribution in [0, 0.1) is 0 Å². The van der Waals surface area contributed by atoms with E-state index in [4.69, 9.17) is 0 Å². The van der Waals surface area contributed by atoms with Gasteiger partial charge in [-0.15, -0.1) is 0 Å². The van der Waals surface area contributed by atoms with E-state index in [1.807, 2.05) is 0 Å². The van der Waals surface area contributed by atoms with Crippen LogP contribution in [0.1, 0.15) is 25.8 Å². The number of fused-ring (bicyclic) bond motifs is 3. The molecule has 1 aliphatic heterocycles. The molecule has 126 valence electrons. The second-order valence-corrected chi connectivity index (χ2v) is 7.34. The summed E-state index contributed by atoms with van der Waals surface area (Å²) in [5.74, 6) is 0. The van der Waals surface area contributed by atoms with Crippen molar-refractivity contribution in [2.45, 2.75) is 38.8 Å². The van der Waals surface area contributed by atoms with Gasteiger partial charge < -0.3 is 15.2 Å². The van der Waals surface area contributed by atoms with Crippen LogP contribution in [0.3, 0.4) is 0 Å². The Hall–Kier alpha value is -1.84. The van der Waals surface area contributed by atoms with Gasteiger partial charge in [-0.1, -0.05) is 36.4 Å². The number of aromatic nitrogens is 1. The van der Waals surface area contributed by atoms with Crippen LogP contribution in [0.2, 0.25) is 0 Å². The number of aryl methyl sites for hydroxylation is 1. The van der Waals surface area contributed by atoms with Crippen molar-refractivity contribution in [1.82, 2.24) is 15.2 Å². The normalized spacial score (nSPS) is 22.4. The average molecular weight is 321 g/mol. The van der Waals surface area contributed by atoms with E-state index in [0.717, 1.165) is 6.42 Å². The molecule has 0 bridgehead atoms. The summed E-state index contributed by atoms with van der Waals surface area (Å²) < 4.78 is 0. The Kier molecular flexibility index (Phi) is 4.30. The zero-order valence-electron chi connectivity index (χ0n) is 14.7. The molecule has 1 aromatic heterocycles. The van der Waals surface area contributed by atoms with Crippen molar-refractivity contribution < 1.29 is 0 Å². The van der Waals surface area contributed by atoms with Crippen LogP contribution in [-0.2, 0) is 6.42 Å². The second kappa shape index (κ2) is 6.58. The van der Waals surface area contributed by atoms with Crippen molar-refractivity contribution in [2.24, 2.45) is 0 Å². The summed E-state index contributed by atoms with van der Waals surface area (Å²) in [5, 5.41) is 6.30. The number of aromatic amines is 1. The van der Waals surface area contributed by atoms with Crippen LogP contribution in [-0.4, -0.2) is 41.6 Å². The van der Waals surface area contributed by atoms with Gasteiger partial charge in [-0.3, -0.25) is 0 Å². The topological polar surface area (TPSA) is 31.1 Å². The highest BCUT2D eigenvalue weighted by molar-refractivity contribution is 6.08. The highest BCUT2D eigenvalue weighted by Crippen LogP contribution is 2.28. The first-order valence-electron chi connectivity index (χ1n) is 9.17. The fraction of sp³-hybridized carbons (Fsp3) is 0.429. The highest BCUT2D eigenvalue weighted by atomic mass is 15.2. The smallest absolute Gasteiger partial charge is 0.0497 e. The third-order valence-corrected chi connectivity index (χ3v) is 5.18. The lowest BCUT2D eigenvalue weighted by Gasteiger charge is -2.36. The maximum atomic E-state index is 3.63. The quantitative estimate of drug-likeness (QED) is 0.763. The summed E-state index contributed by atoms with van der Waals surface area (Å²) in [4.78, 5) is 6.23. The third-order valence-electron chi connectivity index (χ3n) is 5.18. The van der Waals surface area contributed by atoms with E-state index in [-0.39, 0.29) is 0 Å². The predicted molar refractivity (Wildman–Crippen MR) is 103 cm³/mol. The van der Waals surface area contributed by atoms with Crippen LogP contribution >= 0.6 is 0 Å². The number of rotatable bonds is 4. The molecule has 0 saturated carbocycles. The number of hydrogen-bond donors (Lipinski definition) is 2. The molecular weight excluding hydrogens is 294 g/mol. The van der Waals surface area contributed by atoms with Crippen LogP contribution in [0.25, 0.3) is 21.8 Å². The Bertz CT molecular complexity index is 825. The first-order chi connectivity index (χ1) is 11.7. The van der Waals surface area contributed by atoms with E-state index in [2.05, 4.69) is 71.5 Å². The first-order valence-corrected chi connectivity index (χ1v) is 9.17. The molecule has 0 radical (unpaired) electrons. The lowest BCUT2D eigenvalue weighted by molar-refractivity contribution is 0.172. The Morgan fingerprint density at radius 2 is 1.71 bits per heavy atom. The van der Waals surface area contributed by atoms with Gasteiger partial charge in [-0.25, -0.2) is 0 Å². The molecule has 4 rings (SSSR count). The Morgan fingerprint density at radius 1 is 0.958 bits per heavy atom. The van der Waals surface area contributed by atoms with Crippen molar-refractivity contribution in [3.63, 3.8) is 0 Å². The minimum Gasteiger partial charge on any atom is -0.354 e. The lowest BCUT2D eigenvalue weighted by atomic mass is 10.0. The van der Waals surface area contributed by atoms with Gasteiger partial charge in [0, 0.05) is 47.0 Å². The summed E-state index contributed by atoms with van der Waals surface area (Å²) in [6.07, 6.45) is 2.35. The Balaban J connectivity index is 1.49. The minimum absolute atomic E-state index is 0.603. The van der Waals surface area contributed by atoms with Gasteiger partial charge >= 0.3 is 0 Å². The maximum Gasteiger partial charge on any atom is 0.0497 e. The van der Waals surface area contributed by atoms with Gasteiger partial charge in [0.15, 0.2) is 0 Å². The molecule has 0 unspecified atom stereocenters. The molecule has 2 N–H and O–H groups in total. The summed E-state index contributed by atoms with van der Waals surface area (Å²) >= 11 is 0. The van der Waals surface area contributed by atoms with Crippen LogP contribution in [0.5, 0.6) is 0 Å². The molecule has 2 heterocycles. The summed E-state index contributed by atoms with van der Waals surface area (Å²) in [7, 11) is 0. The zero-order valence-corrected chi connectivity index (χ0v) is 14.7. The number of nitrogens with one attached hydrogen (secondary N) is 2. The van der Waals surface area contributed by atoms with Crippen LogP contribution in [0.4, 0.5) is 0 Å². The number of para-hydroxylation sites is 2. The highest BCUT2D eigenvalue weighted by Gasteiger charge is 2.20. The van der Waals surface area contributed by atoms with Gasteiger partial charge in [-0.2, -0.15) is 0 Å². The summed E-state index contributed by atoms with van der Waals surface area (Å²) in [6, 6.07) is 16.5. The molecule has 2 atom stereocenters. The van der Waals surface area contributed by atoms with E-state index < -0.39 is 0 Å². The maximum absolute atomic E-state index is 3.63. The van der Waals surface area contributed by atoms with Gasteiger partial charge in [0.1, 0.15) is 0 Å². The minimum atomic E-state index is 0.603. The fourth-order valence-electron chi connectivity index (χ4n) is 4.26. The van der Waals surface area contributed by atoms with Gasteiger partial charge in [0.05, 0.1) is 0 Å². The standard InChI is InChI=1S/C21H27N3/c1-15-13-24(14-16(2)22-15)12-6-8-17-7-5-10-19-18-9-3-4-11-20(18)23-21(17)19/h3-5,7,9-11,15-16,22-23H,6,8,12-14H2,1-2H3/t15-,16+. The first kappa shape index (κ1) is 15.7. The number of nitrogens with zero attached hydrogens (tertiary/aromatic N) is 1. The Labute approximate surface area is 144 Å².